The number of aliphatic hydroxyl groups excluding tert-OH is 1. The summed E-state index contributed by atoms with van der Waals surface area (Å²) in [6.45, 7) is 7.71. The predicted octanol–water partition coefficient (Wildman–Crippen LogP) is 3.33. The fourth-order valence-electron chi connectivity index (χ4n) is 2.85. The molecule has 0 amide bonds. The van der Waals surface area contributed by atoms with Gasteiger partial charge in [-0.25, -0.2) is 0 Å². The lowest BCUT2D eigenvalue weighted by Gasteiger charge is -2.33. The first-order chi connectivity index (χ1) is 9.65. The van der Waals surface area contributed by atoms with Crippen molar-refractivity contribution in [1.82, 2.24) is 5.32 Å². The molecule has 4 heteroatoms. The number of hydrogen-bond acceptors (Lipinski definition) is 3. The SMILES string of the molecule is CCNC(C)c1ccc(N2CCC(CO)CC2)cc1Br. The summed E-state index contributed by atoms with van der Waals surface area (Å²) in [4.78, 5) is 2.42. The van der Waals surface area contributed by atoms with Crippen LogP contribution in [0.5, 0.6) is 0 Å². The number of piperidine rings is 1. The van der Waals surface area contributed by atoms with Gasteiger partial charge in [-0.15, -0.1) is 0 Å². The van der Waals surface area contributed by atoms with Crippen LogP contribution in [0.2, 0.25) is 0 Å². The van der Waals surface area contributed by atoms with Gasteiger partial charge in [-0.2, -0.15) is 0 Å². The Bertz CT molecular complexity index is 430. The summed E-state index contributed by atoms with van der Waals surface area (Å²) in [6, 6.07) is 7.02. The number of benzene rings is 1. The molecule has 1 aromatic carbocycles. The number of aliphatic hydroxyl groups is 1. The molecular weight excluding hydrogens is 316 g/mol. The monoisotopic (exact) mass is 340 g/mol. The Morgan fingerprint density at radius 1 is 1.40 bits per heavy atom. The first kappa shape index (κ1) is 15.8. The molecule has 1 aromatic rings. The lowest BCUT2D eigenvalue weighted by Crippen LogP contribution is -2.34. The highest BCUT2D eigenvalue weighted by molar-refractivity contribution is 9.10. The zero-order valence-corrected chi connectivity index (χ0v) is 14.0. The Labute approximate surface area is 130 Å². The van der Waals surface area contributed by atoms with Crippen LogP contribution in [-0.4, -0.2) is 31.3 Å². The van der Waals surface area contributed by atoms with Crippen LogP contribution in [-0.2, 0) is 0 Å². The molecule has 3 nitrogen and oxygen atoms in total. The van der Waals surface area contributed by atoms with Crippen molar-refractivity contribution >= 4 is 21.6 Å². The van der Waals surface area contributed by atoms with E-state index in [1.165, 1.54) is 15.7 Å². The van der Waals surface area contributed by atoms with Crippen LogP contribution in [0.25, 0.3) is 0 Å². The van der Waals surface area contributed by atoms with Gasteiger partial charge in [0.1, 0.15) is 0 Å². The van der Waals surface area contributed by atoms with E-state index >= 15 is 0 Å². The van der Waals surface area contributed by atoms with E-state index in [0.717, 1.165) is 32.5 Å². The molecule has 0 aromatic heterocycles. The third-order valence-electron chi connectivity index (χ3n) is 4.20. The van der Waals surface area contributed by atoms with Gasteiger partial charge in [0.05, 0.1) is 0 Å². The summed E-state index contributed by atoms with van der Waals surface area (Å²) in [5.41, 5.74) is 2.58. The average molecular weight is 341 g/mol. The number of nitrogens with one attached hydrogen (secondary N) is 1. The maximum atomic E-state index is 9.21. The van der Waals surface area contributed by atoms with Crippen LogP contribution >= 0.6 is 15.9 Å². The van der Waals surface area contributed by atoms with E-state index in [2.05, 4.69) is 58.2 Å². The Morgan fingerprint density at radius 3 is 2.65 bits per heavy atom. The molecule has 2 N–H and O–H groups in total. The molecule has 0 bridgehead atoms. The maximum absolute atomic E-state index is 9.21. The van der Waals surface area contributed by atoms with Crippen LogP contribution in [0.15, 0.2) is 22.7 Å². The first-order valence-corrected chi connectivity index (χ1v) is 8.33. The first-order valence-electron chi connectivity index (χ1n) is 7.54. The van der Waals surface area contributed by atoms with Crippen molar-refractivity contribution in [2.45, 2.75) is 32.7 Å². The third-order valence-corrected chi connectivity index (χ3v) is 4.89. The Morgan fingerprint density at radius 2 is 2.10 bits per heavy atom. The van der Waals surface area contributed by atoms with Crippen molar-refractivity contribution in [3.8, 4) is 0 Å². The minimum atomic E-state index is 0.330. The van der Waals surface area contributed by atoms with Gasteiger partial charge in [-0.1, -0.05) is 28.9 Å². The quantitative estimate of drug-likeness (QED) is 0.862. The van der Waals surface area contributed by atoms with E-state index in [4.69, 9.17) is 0 Å². The summed E-state index contributed by atoms with van der Waals surface area (Å²) >= 11 is 3.70. The molecule has 20 heavy (non-hydrogen) atoms. The lowest BCUT2D eigenvalue weighted by molar-refractivity contribution is 0.203. The molecule has 1 aliphatic rings. The fraction of sp³-hybridized carbons (Fsp3) is 0.625. The molecule has 2 rings (SSSR count). The molecule has 1 unspecified atom stereocenters. The van der Waals surface area contributed by atoms with Gasteiger partial charge in [-0.3, -0.25) is 0 Å². The fourth-order valence-corrected chi connectivity index (χ4v) is 3.56. The van der Waals surface area contributed by atoms with E-state index < -0.39 is 0 Å². The summed E-state index contributed by atoms with van der Waals surface area (Å²) in [6.07, 6.45) is 2.17. The highest BCUT2D eigenvalue weighted by Crippen LogP contribution is 2.30. The normalized spacial score (nSPS) is 18.3. The Kier molecular flexibility index (Phi) is 5.87. The van der Waals surface area contributed by atoms with Gasteiger partial charge < -0.3 is 15.3 Å². The lowest BCUT2D eigenvalue weighted by atomic mass is 9.97. The van der Waals surface area contributed by atoms with E-state index in [0.29, 0.717) is 18.6 Å². The Hall–Kier alpha value is -0.580. The van der Waals surface area contributed by atoms with E-state index in [-0.39, 0.29) is 0 Å². The minimum absolute atomic E-state index is 0.330. The standard InChI is InChI=1S/C16H25BrN2O/c1-3-18-12(2)15-5-4-14(10-16(15)17)19-8-6-13(11-20)7-9-19/h4-5,10,12-13,18,20H,3,6-9,11H2,1-2H3. The number of nitrogens with zero attached hydrogens (tertiary/aromatic N) is 1. The summed E-state index contributed by atoms with van der Waals surface area (Å²) in [7, 11) is 0. The van der Waals surface area contributed by atoms with Gasteiger partial charge >= 0.3 is 0 Å². The topological polar surface area (TPSA) is 35.5 Å². The van der Waals surface area contributed by atoms with Gasteiger partial charge in [-0.05, 0) is 49.9 Å². The Balaban J connectivity index is 2.05. The van der Waals surface area contributed by atoms with Gasteiger partial charge in [0.2, 0.25) is 0 Å². The summed E-state index contributed by atoms with van der Waals surface area (Å²) in [5, 5.41) is 12.7. The number of rotatable bonds is 5. The second-order valence-electron chi connectivity index (χ2n) is 5.60. The van der Waals surface area contributed by atoms with E-state index in [1.54, 1.807) is 0 Å². The molecule has 1 fully saturated rings. The molecule has 1 saturated heterocycles. The second kappa shape index (κ2) is 7.43. The van der Waals surface area contributed by atoms with Crippen LogP contribution in [0, 0.1) is 5.92 Å². The molecule has 1 heterocycles. The van der Waals surface area contributed by atoms with Crippen molar-refractivity contribution in [1.29, 1.82) is 0 Å². The minimum Gasteiger partial charge on any atom is -0.396 e. The van der Waals surface area contributed by atoms with E-state index in [9.17, 15) is 5.11 Å². The zero-order chi connectivity index (χ0) is 14.5. The maximum Gasteiger partial charge on any atom is 0.0460 e. The zero-order valence-electron chi connectivity index (χ0n) is 12.4. The molecule has 1 aliphatic heterocycles. The second-order valence-corrected chi connectivity index (χ2v) is 6.45. The number of anilines is 1. The molecule has 0 radical (unpaired) electrons. The molecule has 0 aliphatic carbocycles. The van der Waals surface area contributed by atoms with Crippen molar-refractivity contribution in [2.24, 2.45) is 5.92 Å². The molecule has 0 saturated carbocycles. The van der Waals surface area contributed by atoms with Crippen molar-refractivity contribution in [3.63, 3.8) is 0 Å². The highest BCUT2D eigenvalue weighted by atomic mass is 79.9. The number of hydrogen-bond donors (Lipinski definition) is 2. The molecular formula is C16H25BrN2O. The van der Waals surface area contributed by atoms with Crippen molar-refractivity contribution in [2.75, 3.05) is 31.1 Å². The molecule has 112 valence electrons. The van der Waals surface area contributed by atoms with Gasteiger partial charge in [0.25, 0.3) is 0 Å². The van der Waals surface area contributed by atoms with Crippen LogP contribution < -0.4 is 10.2 Å². The molecule has 0 spiro atoms. The smallest absolute Gasteiger partial charge is 0.0460 e. The van der Waals surface area contributed by atoms with Crippen LogP contribution in [0.4, 0.5) is 5.69 Å². The average Bonchev–Trinajstić information content (AvgIpc) is 2.47. The third kappa shape index (κ3) is 3.74. The summed E-state index contributed by atoms with van der Waals surface area (Å²) in [5.74, 6) is 0.489. The largest absolute Gasteiger partial charge is 0.396 e. The number of halogens is 1. The van der Waals surface area contributed by atoms with Crippen molar-refractivity contribution in [3.05, 3.63) is 28.2 Å². The molecule has 1 atom stereocenters. The van der Waals surface area contributed by atoms with Crippen LogP contribution in [0.1, 0.15) is 38.3 Å². The van der Waals surface area contributed by atoms with E-state index in [1.807, 2.05) is 0 Å². The predicted molar refractivity (Wildman–Crippen MR) is 88.3 cm³/mol. The highest BCUT2D eigenvalue weighted by Gasteiger charge is 2.19. The van der Waals surface area contributed by atoms with Crippen molar-refractivity contribution < 1.29 is 5.11 Å². The van der Waals surface area contributed by atoms with Gasteiger partial charge in [0, 0.05) is 35.9 Å². The van der Waals surface area contributed by atoms with Crippen LogP contribution in [0.3, 0.4) is 0 Å². The van der Waals surface area contributed by atoms with Gasteiger partial charge in [0.15, 0.2) is 0 Å². The summed E-state index contributed by atoms with van der Waals surface area (Å²) < 4.78 is 1.17.